The molecule has 0 radical (unpaired) electrons. The summed E-state index contributed by atoms with van der Waals surface area (Å²) in [5.74, 6) is 0. The van der Waals surface area contributed by atoms with E-state index in [9.17, 15) is 5.11 Å². The van der Waals surface area contributed by atoms with Gasteiger partial charge in [0, 0.05) is 7.11 Å². The standard InChI is InChI=1S/C20H42O4/c1-3-4-5-6-7-8-9-10-11-12-13-14-15-20(23-2)18-24-17-19(22)16-21/h19-22H,3-18H2,1-2H3/t19-,20+/m1/s1. The Morgan fingerprint density at radius 2 is 1.25 bits per heavy atom. The highest BCUT2D eigenvalue weighted by Gasteiger charge is 2.09. The van der Waals surface area contributed by atoms with E-state index in [2.05, 4.69) is 6.92 Å². The molecule has 0 aliphatic carbocycles. The van der Waals surface area contributed by atoms with Crippen LogP contribution >= 0.6 is 0 Å². The fourth-order valence-electron chi connectivity index (χ4n) is 2.87. The lowest BCUT2D eigenvalue weighted by Crippen LogP contribution is -2.24. The molecule has 0 bridgehead atoms. The third kappa shape index (κ3) is 16.7. The summed E-state index contributed by atoms with van der Waals surface area (Å²) in [5.41, 5.74) is 0. The number of hydrogen-bond acceptors (Lipinski definition) is 4. The molecule has 0 aromatic rings. The van der Waals surface area contributed by atoms with Gasteiger partial charge in [-0.2, -0.15) is 0 Å². The van der Waals surface area contributed by atoms with Crippen molar-refractivity contribution in [1.82, 2.24) is 0 Å². The fourth-order valence-corrected chi connectivity index (χ4v) is 2.87. The molecule has 4 heteroatoms. The molecule has 0 saturated heterocycles. The van der Waals surface area contributed by atoms with Gasteiger partial charge in [-0.3, -0.25) is 0 Å². The average Bonchev–Trinajstić information content (AvgIpc) is 2.60. The Balaban J connectivity index is 3.29. The highest BCUT2D eigenvalue weighted by molar-refractivity contribution is 4.59. The molecule has 0 unspecified atom stereocenters. The molecule has 0 aromatic carbocycles. The van der Waals surface area contributed by atoms with Gasteiger partial charge in [0.25, 0.3) is 0 Å². The zero-order valence-electron chi connectivity index (χ0n) is 16.2. The van der Waals surface area contributed by atoms with Crippen molar-refractivity contribution in [3.05, 3.63) is 0 Å². The number of rotatable bonds is 19. The van der Waals surface area contributed by atoms with Crippen LogP contribution in [-0.4, -0.2) is 49.4 Å². The second-order valence-electron chi connectivity index (χ2n) is 6.91. The smallest absolute Gasteiger partial charge is 0.100 e. The van der Waals surface area contributed by atoms with Gasteiger partial charge in [0.1, 0.15) is 6.10 Å². The van der Waals surface area contributed by atoms with Crippen molar-refractivity contribution in [2.24, 2.45) is 0 Å². The van der Waals surface area contributed by atoms with E-state index >= 15 is 0 Å². The third-order valence-corrected chi connectivity index (χ3v) is 4.54. The van der Waals surface area contributed by atoms with Crippen LogP contribution in [0, 0.1) is 0 Å². The number of aliphatic hydroxyl groups excluding tert-OH is 2. The summed E-state index contributed by atoms with van der Waals surface area (Å²) in [6.45, 7) is 2.68. The van der Waals surface area contributed by atoms with Gasteiger partial charge in [0.2, 0.25) is 0 Å². The predicted octanol–water partition coefficient (Wildman–Crippen LogP) is 4.46. The maximum Gasteiger partial charge on any atom is 0.100 e. The second-order valence-corrected chi connectivity index (χ2v) is 6.91. The average molecular weight is 347 g/mol. The third-order valence-electron chi connectivity index (χ3n) is 4.54. The van der Waals surface area contributed by atoms with Crippen molar-refractivity contribution >= 4 is 0 Å². The topological polar surface area (TPSA) is 58.9 Å². The quantitative estimate of drug-likeness (QED) is 0.339. The van der Waals surface area contributed by atoms with Gasteiger partial charge in [-0.1, -0.05) is 84.0 Å². The Labute approximate surface area is 149 Å². The van der Waals surface area contributed by atoms with Crippen LogP contribution in [0.5, 0.6) is 0 Å². The van der Waals surface area contributed by atoms with E-state index in [0.717, 1.165) is 6.42 Å². The molecule has 0 heterocycles. The normalized spacial score (nSPS) is 14.0. The minimum Gasteiger partial charge on any atom is -0.394 e. The van der Waals surface area contributed by atoms with E-state index < -0.39 is 6.10 Å². The first-order chi connectivity index (χ1) is 11.7. The largest absolute Gasteiger partial charge is 0.394 e. The SMILES string of the molecule is CCCCCCCCCCCCCC[C@@H](COC[C@H](O)CO)OC. The maximum absolute atomic E-state index is 9.22. The van der Waals surface area contributed by atoms with Crippen LogP contribution in [0.4, 0.5) is 0 Å². The van der Waals surface area contributed by atoms with Gasteiger partial charge in [-0.25, -0.2) is 0 Å². The summed E-state index contributed by atoms with van der Waals surface area (Å²) < 4.78 is 10.8. The molecular weight excluding hydrogens is 304 g/mol. The summed E-state index contributed by atoms with van der Waals surface area (Å²) in [5, 5.41) is 17.9. The molecule has 0 aliphatic heterocycles. The number of hydrogen-bond donors (Lipinski definition) is 2. The van der Waals surface area contributed by atoms with Gasteiger partial charge >= 0.3 is 0 Å². The Bertz CT molecular complexity index is 236. The van der Waals surface area contributed by atoms with Crippen molar-refractivity contribution in [1.29, 1.82) is 0 Å². The first-order valence-corrected chi connectivity index (χ1v) is 10.1. The number of methoxy groups -OCH3 is 1. The van der Waals surface area contributed by atoms with Crippen LogP contribution in [0.1, 0.15) is 90.4 Å². The van der Waals surface area contributed by atoms with Crippen molar-refractivity contribution in [2.45, 2.75) is 103 Å². The van der Waals surface area contributed by atoms with Crippen molar-refractivity contribution in [2.75, 3.05) is 26.9 Å². The molecule has 0 aliphatic rings. The summed E-state index contributed by atoms with van der Waals surface area (Å²) in [4.78, 5) is 0. The highest BCUT2D eigenvalue weighted by atomic mass is 16.5. The minimum atomic E-state index is -0.783. The van der Waals surface area contributed by atoms with Crippen molar-refractivity contribution < 1.29 is 19.7 Å². The molecule has 0 spiro atoms. The van der Waals surface area contributed by atoms with Crippen LogP contribution in [0.2, 0.25) is 0 Å². The van der Waals surface area contributed by atoms with Crippen LogP contribution < -0.4 is 0 Å². The molecule has 146 valence electrons. The number of aliphatic hydroxyl groups is 2. The summed E-state index contributed by atoms with van der Waals surface area (Å²) in [7, 11) is 1.71. The van der Waals surface area contributed by atoms with E-state index in [1.54, 1.807) is 7.11 Å². The van der Waals surface area contributed by atoms with Crippen LogP contribution in [0.25, 0.3) is 0 Å². The van der Waals surface area contributed by atoms with Gasteiger partial charge in [0.15, 0.2) is 0 Å². The summed E-state index contributed by atoms with van der Waals surface area (Å²) in [6, 6.07) is 0. The molecule has 0 rings (SSSR count). The molecule has 0 amide bonds. The first kappa shape index (κ1) is 23.8. The zero-order chi connectivity index (χ0) is 17.9. The van der Waals surface area contributed by atoms with E-state index in [1.165, 1.54) is 77.0 Å². The Hall–Kier alpha value is -0.160. The molecule has 2 N–H and O–H groups in total. The second kappa shape index (κ2) is 19.2. The predicted molar refractivity (Wildman–Crippen MR) is 100 cm³/mol. The molecule has 2 atom stereocenters. The lowest BCUT2D eigenvalue weighted by Gasteiger charge is -2.16. The zero-order valence-corrected chi connectivity index (χ0v) is 16.2. The molecule has 24 heavy (non-hydrogen) atoms. The molecular formula is C20H42O4. The molecule has 0 aromatic heterocycles. The van der Waals surface area contributed by atoms with E-state index in [1.807, 2.05) is 0 Å². The van der Waals surface area contributed by atoms with E-state index in [0.29, 0.717) is 6.61 Å². The summed E-state index contributed by atoms with van der Waals surface area (Å²) in [6.07, 6.45) is 16.6. The first-order valence-electron chi connectivity index (χ1n) is 10.1. The van der Waals surface area contributed by atoms with Crippen molar-refractivity contribution in [3.63, 3.8) is 0 Å². The van der Waals surface area contributed by atoms with Gasteiger partial charge in [0.05, 0.1) is 25.9 Å². The lowest BCUT2D eigenvalue weighted by atomic mass is 10.0. The lowest BCUT2D eigenvalue weighted by molar-refractivity contribution is -0.0381. The Morgan fingerprint density at radius 1 is 0.750 bits per heavy atom. The minimum absolute atomic E-state index is 0.0963. The Morgan fingerprint density at radius 3 is 1.71 bits per heavy atom. The molecule has 0 fully saturated rings. The van der Waals surface area contributed by atoms with Crippen LogP contribution in [-0.2, 0) is 9.47 Å². The van der Waals surface area contributed by atoms with Crippen LogP contribution in [0.15, 0.2) is 0 Å². The molecule has 0 saturated carbocycles. The van der Waals surface area contributed by atoms with Crippen LogP contribution in [0.3, 0.4) is 0 Å². The molecule has 4 nitrogen and oxygen atoms in total. The number of ether oxygens (including phenoxy) is 2. The van der Waals surface area contributed by atoms with E-state index in [4.69, 9.17) is 14.6 Å². The Kier molecular flexibility index (Phi) is 19.0. The van der Waals surface area contributed by atoms with E-state index in [-0.39, 0.29) is 19.3 Å². The van der Waals surface area contributed by atoms with Gasteiger partial charge < -0.3 is 19.7 Å². The van der Waals surface area contributed by atoms with Crippen molar-refractivity contribution in [3.8, 4) is 0 Å². The monoisotopic (exact) mass is 346 g/mol. The summed E-state index contributed by atoms with van der Waals surface area (Å²) >= 11 is 0. The fraction of sp³-hybridized carbons (Fsp3) is 1.00. The van der Waals surface area contributed by atoms with Gasteiger partial charge in [-0.15, -0.1) is 0 Å². The number of unbranched alkanes of at least 4 members (excludes halogenated alkanes) is 11. The van der Waals surface area contributed by atoms with Gasteiger partial charge in [-0.05, 0) is 6.42 Å². The highest BCUT2D eigenvalue weighted by Crippen LogP contribution is 2.13. The maximum atomic E-state index is 9.22.